The lowest BCUT2D eigenvalue weighted by Crippen LogP contribution is -2.05. The van der Waals surface area contributed by atoms with Gasteiger partial charge in [0, 0.05) is 11.3 Å². The highest BCUT2D eigenvalue weighted by Gasteiger charge is 2.25. The molecule has 0 spiro atoms. The molecule has 1 fully saturated rings. The maximum atomic E-state index is 10.7. The molecule has 0 radical (unpaired) electrons. The molecular formula is C7H11ClO. The molecule has 0 unspecified atom stereocenters. The molecule has 1 rings (SSSR count). The van der Waals surface area contributed by atoms with Crippen LogP contribution >= 0.6 is 11.6 Å². The predicted octanol–water partition coefficient (Wildman–Crippen LogP) is 1.98. The van der Waals surface area contributed by atoms with Gasteiger partial charge in [0.15, 0.2) is 0 Å². The second kappa shape index (κ2) is 2.70. The zero-order chi connectivity index (χ0) is 6.85. The highest BCUT2D eigenvalue weighted by Crippen LogP contribution is 2.29. The number of Topliss-reactive ketones (excluding diaryl/α,β-unsaturated/α-hetero) is 1. The molecule has 1 nitrogen and oxygen atoms in total. The van der Waals surface area contributed by atoms with Gasteiger partial charge < -0.3 is 0 Å². The molecule has 0 saturated heterocycles. The third-order valence-electron chi connectivity index (χ3n) is 1.94. The van der Waals surface area contributed by atoms with Gasteiger partial charge in [0.05, 0.1) is 0 Å². The van der Waals surface area contributed by atoms with Crippen molar-refractivity contribution in [1.82, 2.24) is 0 Å². The Balaban J connectivity index is 2.39. The van der Waals surface area contributed by atoms with E-state index in [1.807, 2.05) is 0 Å². The van der Waals surface area contributed by atoms with Gasteiger partial charge in [-0.3, -0.25) is 4.79 Å². The van der Waals surface area contributed by atoms with Gasteiger partial charge in [0.2, 0.25) is 0 Å². The molecule has 1 aliphatic rings. The summed E-state index contributed by atoms with van der Waals surface area (Å²) in [6.45, 7) is 1.65. The molecule has 9 heavy (non-hydrogen) atoms. The van der Waals surface area contributed by atoms with E-state index in [0.29, 0.717) is 5.78 Å². The summed E-state index contributed by atoms with van der Waals surface area (Å²) in [5.41, 5.74) is 0. The maximum Gasteiger partial charge on any atom is 0.132 e. The molecule has 0 aromatic heterocycles. The van der Waals surface area contributed by atoms with Crippen LogP contribution in [0.25, 0.3) is 0 Å². The van der Waals surface area contributed by atoms with Gasteiger partial charge in [-0.1, -0.05) is 0 Å². The Morgan fingerprint density at radius 3 is 2.44 bits per heavy atom. The first kappa shape index (κ1) is 7.07. The Morgan fingerprint density at radius 1 is 1.56 bits per heavy atom. The number of alkyl halides is 1. The summed E-state index contributed by atoms with van der Waals surface area (Å²) < 4.78 is 0. The third-order valence-corrected chi connectivity index (χ3v) is 2.34. The number of ketones is 1. The first-order chi connectivity index (χ1) is 4.20. The first-order valence-electron chi connectivity index (χ1n) is 3.34. The topological polar surface area (TPSA) is 17.1 Å². The average molecular weight is 147 g/mol. The third kappa shape index (κ3) is 1.68. The standard InChI is InChI=1S/C7H11ClO/c1-5(9)6-2-3-7(8)4-6/h6-7H,2-4H2,1H3/t6-,7-/m1/s1. The number of carbonyl (C=O) groups is 1. The molecule has 52 valence electrons. The largest absolute Gasteiger partial charge is 0.300 e. The number of halogens is 1. The number of rotatable bonds is 1. The molecule has 0 amide bonds. The Bertz CT molecular complexity index is 122. The fourth-order valence-corrected chi connectivity index (χ4v) is 1.64. The summed E-state index contributed by atoms with van der Waals surface area (Å²) in [6.07, 6.45) is 2.92. The molecular weight excluding hydrogens is 136 g/mol. The lowest BCUT2D eigenvalue weighted by molar-refractivity contribution is -0.120. The van der Waals surface area contributed by atoms with Crippen molar-refractivity contribution in [3.05, 3.63) is 0 Å². The van der Waals surface area contributed by atoms with Crippen LogP contribution in [0.3, 0.4) is 0 Å². The van der Waals surface area contributed by atoms with Crippen LogP contribution in [-0.4, -0.2) is 11.2 Å². The van der Waals surface area contributed by atoms with E-state index >= 15 is 0 Å². The van der Waals surface area contributed by atoms with Crippen LogP contribution in [0.1, 0.15) is 26.2 Å². The second-order valence-electron chi connectivity index (χ2n) is 2.72. The van der Waals surface area contributed by atoms with Gasteiger partial charge in [-0.15, -0.1) is 11.6 Å². The molecule has 0 bridgehead atoms. The van der Waals surface area contributed by atoms with Crippen LogP contribution < -0.4 is 0 Å². The lowest BCUT2D eigenvalue weighted by atomic mass is 10.0. The Morgan fingerprint density at radius 2 is 2.22 bits per heavy atom. The SMILES string of the molecule is CC(=O)[C@@H]1CC[C@@H](Cl)C1. The molecule has 1 aliphatic carbocycles. The highest BCUT2D eigenvalue weighted by atomic mass is 35.5. The van der Waals surface area contributed by atoms with Gasteiger partial charge in [0.25, 0.3) is 0 Å². The summed E-state index contributed by atoms with van der Waals surface area (Å²) in [6, 6.07) is 0. The van der Waals surface area contributed by atoms with Crippen molar-refractivity contribution >= 4 is 17.4 Å². The molecule has 1 saturated carbocycles. The van der Waals surface area contributed by atoms with Crippen molar-refractivity contribution in [2.24, 2.45) is 5.92 Å². The minimum absolute atomic E-state index is 0.263. The monoisotopic (exact) mass is 146 g/mol. The van der Waals surface area contributed by atoms with E-state index in [-0.39, 0.29) is 11.3 Å². The average Bonchev–Trinajstić information content (AvgIpc) is 2.14. The minimum Gasteiger partial charge on any atom is -0.300 e. The summed E-state index contributed by atoms with van der Waals surface area (Å²) in [7, 11) is 0. The van der Waals surface area contributed by atoms with Crippen molar-refractivity contribution in [2.75, 3.05) is 0 Å². The van der Waals surface area contributed by atoms with Crippen molar-refractivity contribution in [3.8, 4) is 0 Å². The summed E-state index contributed by atoms with van der Waals surface area (Å²) >= 11 is 5.80. The van der Waals surface area contributed by atoms with E-state index in [9.17, 15) is 4.79 Å². The maximum absolute atomic E-state index is 10.7. The summed E-state index contributed by atoms with van der Waals surface area (Å²) in [5.74, 6) is 0.575. The summed E-state index contributed by atoms with van der Waals surface area (Å²) in [4.78, 5) is 10.7. The van der Waals surface area contributed by atoms with Crippen molar-refractivity contribution in [3.63, 3.8) is 0 Å². The zero-order valence-electron chi connectivity index (χ0n) is 5.56. The van der Waals surface area contributed by atoms with Crippen molar-refractivity contribution in [2.45, 2.75) is 31.6 Å². The van der Waals surface area contributed by atoms with Crippen LogP contribution in [-0.2, 0) is 4.79 Å². The zero-order valence-corrected chi connectivity index (χ0v) is 6.32. The van der Waals surface area contributed by atoms with Gasteiger partial charge in [0.1, 0.15) is 5.78 Å². The fraction of sp³-hybridized carbons (Fsp3) is 0.857. The molecule has 0 aromatic carbocycles. The number of hydrogen-bond donors (Lipinski definition) is 0. The van der Waals surface area contributed by atoms with E-state index in [1.54, 1.807) is 6.92 Å². The highest BCUT2D eigenvalue weighted by molar-refractivity contribution is 6.20. The van der Waals surface area contributed by atoms with Crippen LogP contribution in [0.5, 0.6) is 0 Å². The van der Waals surface area contributed by atoms with Gasteiger partial charge in [-0.2, -0.15) is 0 Å². The van der Waals surface area contributed by atoms with Crippen LogP contribution in [0.2, 0.25) is 0 Å². The molecule has 2 atom stereocenters. The molecule has 0 aromatic rings. The molecule has 0 heterocycles. The van der Waals surface area contributed by atoms with E-state index in [0.717, 1.165) is 19.3 Å². The van der Waals surface area contributed by atoms with Gasteiger partial charge in [-0.05, 0) is 26.2 Å². The molecule has 0 N–H and O–H groups in total. The molecule has 0 aliphatic heterocycles. The van der Waals surface area contributed by atoms with E-state index in [2.05, 4.69) is 0 Å². The van der Waals surface area contributed by atoms with Crippen LogP contribution in [0, 0.1) is 5.92 Å². The Hall–Kier alpha value is -0.0400. The van der Waals surface area contributed by atoms with Crippen molar-refractivity contribution in [1.29, 1.82) is 0 Å². The minimum atomic E-state index is 0.263. The van der Waals surface area contributed by atoms with Crippen LogP contribution in [0.4, 0.5) is 0 Å². The van der Waals surface area contributed by atoms with Crippen LogP contribution in [0.15, 0.2) is 0 Å². The number of hydrogen-bond acceptors (Lipinski definition) is 1. The molecule has 2 heteroatoms. The quantitative estimate of drug-likeness (QED) is 0.517. The summed E-state index contributed by atoms with van der Waals surface area (Å²) in [5, 5.41) is 0.263. The Labute approximate surface area is 60.4 Å². The normalized spacial score (nSPS) is 34.9. The fourth-order valence-electron chi connectivity index (χ4n) is 1.30. The Kier molecular flexibility index (Phi) is 2.12. The van der Waals surface area contributed by atoms with Gasteiger partial charge >= 0.3 is 0 Å². The lowest BCUT2D eigenvalue weighted by Gasteiger charge is -2.00. The second-order valence-corrected chi connectivity index (χ2v) is 3.34. The first-order valence-corrected chi connectivity index (χ1v) is 3.78. The van der Waals surface area contributed by atoms with Crippen molar-refractivity contribution < 1.29 is 4.79 Å². The van der Waals surface area contributed by atoms with Gasteiger partial charge in [-0.25, -0.2) is 0 Å². The smallest absolute Gasteiger partial charge is 0.132 e. The number of carbonyl (C=O) groups excluding carboxylic acids is 1. The predicted molar refractivity (Wildman–Crippen MR) is 37.7 cm³/mol. The van der Waals surface area contributed by atoms with E-state index in [4.69, 9.17) is 11.6 Å². The van der Waals surface area contributed by atoms with E-state index in [1.165, 1.54) is 0 Å². The van der Waals surface area contributed by atoms with E-state index < -0.39 is 0 Å².